The Hall–Kier alpha value is -2.33. The first kappa shape index (κ1) is 16.5. The number of hydrogen-bond donors (Lipinski definition) is 0. The van der Waals surface area contributed by atoms with Gasteiger partial charge in [0.2, 0.25) is 0 Å². The third-order valence-electron chi connectivity index (χ3n) is 4.54. The molecule has 0 atom stereocenters. The molecule has 1 heterocycles. The van der Waals surface area contributed by atoms with Crippen molar-refractivity contribution in [3.05, 3.63) is 59.7 Å². The van der Waals surface area contributed by atoms with Gasteiger partial charge >= 0.3 is 0 Å². The van der Waals surface area contributed by atoms with E-state index in [1.165, 1.54) is 0 Å². The number of amides is 1. The molecule has 0 radical (unpaired) electrons. The second kappa shape index (κ2) is 7.05. The Bertz CT molecular complexity index is 726. The molecular weight excluding hydrogens is 298 g/mol. The van der Waals surface area contributed by atoms with Crippen LogP contribution >= 0.6 is 0 Å². The van der Waals surface area contributed by atoms with Gasteiger partial charge in [-0.3, -0.25) is 4.79 Å². The molecule has 0 saturated carbocycles. The number of fused-ring (bicyclic) bond motifs is 1. The molecule has 4 nitrogen and oxygen atoms in total. The number of carbonyl (C=O) groups excluding carboxylic acids is 1. The first-order valence-corrected chi connectivity index (χ1v) is 8.44. The highest BCUT2D eigenvalue weighted by atomic mass is 16.2. The van der Waals surface area contributed by atoms with Crippen LogP contribution in [0, 0.1) is 6.92 Å². The van der Waals surface area contributed by atoms with Gasteiger partial charge in [0.25, 0.3) is 5.91 Å². The van der Waals surface area contributed by atoms with Gasteiger partial charge in [-0.05, 0) is 44.8 Å². The molecule has 0 spiro atoms. The van der Waals surface area contributed by atoms with Crippen LogP contribution in [0.5, 0.6) is 0 Å². The third kappa shape index (κ3) is 3.29. The van der Waals surface area contributed by atoms with Crippen LogP contribution in [0.25, 0.3) is 0 Å². The number of anilines is 2. The van der Waals surface area contributed by atoms with Crippen LogP contribution in [0.4, 0.5) is 11.4 Å². The zero-order valence-corrected chi connectivity index (χ0v) is 14.7. The van der Waals surface area contributed by atoms with Crippen molar-refractivity contribution in [2.24, 2.45) is 0 Å². The van der Waals surface area contributed by atoms with Gasteiger partial charge in [0.15, 0.2) is 0 Å². The fraction of sp³-hybridized carbons (Fsp3) is 0.350. The van der Waals surface area contributed by atoms with E-state index in [1.54, 1.807) is 0 Å². The Labute approximate surface area is 144 Å². The quantitative estimate of drug-likeness (QED) is 0.865. The number of likely N-dealkylation sites (N-methyl/N-ethyl adjacent to an activating group) is 1. The van der Waals surface area contributed by atoms with Gasteiger partial charge < -0.3 is 14.7 Å². The van der Waals surface area contributed by atoms with Crippen molar-refractivity contribution in [2.45, 2.75) is 6.92 Å². The maximum atomic E-state index is 13.1. The van der Waals surface area contributed by atoms with Crippen LogP contribution in [0.2, 0.25) is 0 Å². The van der Waals surface area contributed by atoms with Crippen LogP contribution < -0.4 is 9.80 Å². The average molecular weight is 323 g/mol. The summed E-state index contributed by atoms with van der Waals surface area (Å²) < 4.78 is 0. The molecule has 4 heteroatoms. The lowest BCUT2D eigenvalue weighted by atomic mass is 10.1. The van der Waals surface area contributed by atoms with Gasteiger partial charge in [-0.25, -0.2) is 0 Å². The summed E-state index contributed by atoms with van der Waals surface area (Å²) in [5.41, 5.74) is 3.97. The number of nitrogens with zero attached hydrogens (tertiary/aromatic N) is 3. The number of carbonyl (C=O) groups is 1. The average Bonchev–Trinajstić information content (AvgIpc) is 2.59. The van der Waals surface area contributed by atoms with Gasteiger partial charge in [-0.1, -0.05) is 30.3 Å². The van der Waals surface area contributed by atoms with Crippen molar-refractivity contribution in [2.75, 3.05) is 50.1 Å². The van der Waals surface area contributed by atoms with Crippen LogP contribution in [0.1, 0.15) is 15.9 Å². The van der Waals surface area contributed by atoms with Crippen molar-refractivity contribution in [3.8, 4) is 0 Å². The predicted octanol–water partition coefficient (Wildman–Crippen LogP) is 3.02. The molecule has 0 aromatic heterocycles. The highest BCUT2D eigenvalue weighted by Crippen LogP contribution is 2.33. The van der Waals surface area contributed by atoms with Crippen molar-refractivity contribution < 1.29 is 4.79 Å². The Balaban J connectivity index is 1.89. The summed E-state index contributed by atoms with van der Waals surface area (Å²) in [5.74, 6) is 0.0906. The number of benzene rings is 2. The molecule has 126 valence electrons. The second-order valence-corrected chi connectivity index (χ2v) is 6.55. The summed E-state index contributed by atoms with van der Waals surface area (Å²) in [4.78, 5) is 19.5. The molecule has 0 N–H and O–H groups in total. The SMILES string of the molecule is Cc1ccccc1C(=O)N1CCN(CCN(C)C)c2ccccc21. The number of rotatable bonds is 4. The molecule has 2 aromatic carbocycles. The molecule has 0 aliphatic carbocycles. The monoisotopic (exact) mass is 323 g/mol. The van der Waals surface area contributed by atoms with E-state index in [4.69, 9.17) is 0 Å². The van der Waals surface area contributed by atoms with Crippen molar-refractivity contribution in [1.29, 1.82) is 0 Å². The number of hydrogen-bond acceptors (Lipinski definition) is 3. The standard InChI is InChI=1S/C20H25N3O/c1-16-8-4-5-9-17(16)20(24)23-15-14-22(13-12-21(2)3)18-10-6-7-11-19(18)23/h4-11H,12-15H2,1-3H3. The lowest BCUT2D eigenvalue weighted by molar-refractivity contribution is 0.0986. The van der Waals surface area contributed by atoms with E-state index in [2.05, 4.69) is 30.0 Å². The summed E-state index contributed by atoms with van der Waals surface area (Å²) in [6, 6.07) is 16.0. The van der Waals surface area contributed by atoms with Gasteiger partial charge in [0.05, 0.1) is 11.4 Å². The Morgan fingerprint density at radius 2 is 1.67 bits per heavy atom. The van der Waals surface area contributed by atoms with E-state index >= 15 is 0 Å². The van der Waals surface area contributed by atoms with Crippen LogP contribution in [0.3, 0.4) is 0 Å². The van der Waals surface area contributed by atoms with E-state index in [-0.39, 0.29) is 5.91 Å². The highest BCUT2D eigenvalue weighted by Gasteiger charge is 2.27. The topological polar surface area (TPSA) is 26.8 Å². The summed E-state index contributed by atoms with van der Waals surface area (Å²) in [6.45, 7) is 5.54. The van der Waals surface area contributed by atoms with Gasteiger partial charge in [-0.2, -0.15) is 0 Å². The molecule has 1 amide bonds. The molecule has 24 heavy (non-hydrogen) atoms. The second-order valence-electron chi connectivity index (χ2n) is 6.55. The van der Waals surface area contributed by atoms with Crippen LogP contribution in [0.15, 0.2) is 48.5 Å². The molecule has 1 aliphatic rings. The van der Waals surface area contributed by atoms with E-state index < -0.39 is 0 Å². The van der Waals surface area contributed by atoms with E-state index in [9.17, 15) is 4.79 Å². The van der Waals surface area contributed by atoms with E-state index in [0.717, 1.165) is 48.7 Å². The number of para-hydroxylation sites is 2. The minimum atomic E-state index is 0.0906. The molecule has 3 rings (SSSR count). The van der Waals surface area contributed by atoms with Gasteiger partial charge in [-0.15, -0.1) is 0 Å². The fourth-order valence-electron chi connectivity index (χ4n) is 3.14. The zero-order valence-electron chi connectivity index (χ0n) is 14.7. The molecule has 2 aromatic rings. The lowest BCUT2D eigenvalue weighted by Gasteiger charge is -2.38. The maximum absolute atomic E-state index is 13.1. The van der Waals surface area contributed by atoms with Gasteiger partial charge in [0.1, 0.15) is 0 Å². The van der Waals surface area contributed by atoms with Crippen molar-refractivity contribution in [1.82, 2.24) is 4.90 Å². The summed E-state index contributed by atoms with van der Waals surface area (Å²) in [5, 5.41) is 0. The van der Waals surface area contributed by atoms with E-state index in [1.807, 2.05) is 54.3 Å². The summed E-state index contributed by atoms with van der Waals surface area (Å²) in [6.07, 6.45) is 0. The molecule has 0 unspecified atom stereocenters. The molecule has 0 saturated heterocycles. The summed E-state index contributed by atoms with van der Waals surface area (Å²) >= 11 is 0. The van der Waals surface area contributed by atoms with Crippen molar-refractivity contribution in [3.63, 3.8) is 0 Å². The van der Waals surface area contributed by atoms with Crippen LogP contribution in [-0.4, -0.2) is 51.1 Å². The molecule has 0 bridgehead atoms. The minimum absolute atomic E-state index is 0.0906. The first-order valence-electron chi connectivity index (χ1n) is 8.44. The lowest BCUT2D eigenvalue weighted by Crippen LogP contribution is -2.46. The maximum Gasteiger partial charge on any atom is 0.258 e. The smallest absolute Gasteiger partial charge is 0.258 e. The Kier molecular flexibility index (Phi) is 4.86. The normalized spacial score (nSPS) is 14.0. The highest BCUT2D eigenvalue weighted by molar-refractivity contribution is 6.09. The Morgan fingerprint density at radius 3 is 2.38 bits per heavy atom. The summed E-state index contributed by atoms with van der Waals surface area (Å²) in [7, 11) is 4.17. The molecule has 0 fully saturated rings. The third-order valence-corrected chi connectivity index (χ3v) is 4.54. The number of aryl methyl sites for hydroxylation is 1. The largest absolute Gasteiger partial charge is 0.367 e. The molecular formula is C20H25N3O. The predicted molar refractivity (Wildman–Crippen MR) is 100 cm³/mol. The van der Waals surface area contributed by atoms with Crippen LogP contribution in [-0.2, 0) is 0 Å². The zero-order chi connectivity index (χ0) is 17.1. The van der Waals surface area contributed by atoms with E-state index in [0.29, 0.717) is 0 Å². The molecule has 1 aliphatic heterocycles. The van der Waals surface area contributed by atoms with Gasteiger partial charge in [0, 0.05) is 31.7 Å². The minimum Gasteiger partial charge on any atom is -0.367 e. The fourth-order valence-corrected chi connectivity index (χ4v) is 3.14. The Morgan fingerprint density at radius 1 is 1.00 bits per heavy atom. The van der Waals surface area contributed by atoms with Crippen molar-refractivity contribution >= 4 is 17.3 Å². The first-order chi connectivity index (χ1) is 11.6.